The second-order valence-electron chi connectivity index (χ2n) is 6.70. The lowest BCUT2D eigenvalue weighted by Gasteiger charge is -2.20. The van der Waals surface area contributed by atoms with Gasteiger partial charge in [-0.1, -0.05) is 42.5 Å². The summed E-state index contributed by atoms with van der Waals surface area (Å²) in [6.45, 7) is 2.50. The van der Waals surface area contributed by atoms with E-state index in [0.29, 0.717) is 5.92 Å². The molecule has 1 aliphatic rings. The smallest absolute Gasteiger partial charge is 0.227 e. The molecule has 0 bridgehead atoms. The van der Waals surface area contributed by atoms with Gasteiger partial charge in [0.2, 0.25) is 5.91 Å². The first-order valence-electron chi connectivity index (χ1n) is 8.86. The van der Waals surface area contributed by atoms with Gasteiger partial charge in [0, 0.05) is 0 Å². The van der Waals surface area contributed by atoms with Crippen LogP contribution < -0.4 is 10.1 Å². The average Bonchev–Trinajstić information content (AvgIpc) is 3.49. The van der Waals surface area contributed by atoms with Crippen LogP contribution in [0.1, 0.15) is 42.9 Å². The van der Waals surface area contributed by atoms with Crippen LogP contribution in [0.2, 0.25) is 0 Å². The quantitative estimate of drug-likeness (QED) is 0.775. The summed E-state index contributed by atoms with van der Waals surface area (Å²) in [5.74, 6) is 1.18. The van der Waals surface area contributed by atoms with Gasteiger partial charge in [0.05, 0.1) is 25.2 Å². The molecule has 1 fully saturated rings. The number of aliphatic hydroxyl groups is 1. The number of ether oxygens (including phenoxy) is 1. The highest BCUT2D eigenvalue weighted by Gasteiger charge is 2.22. The van der Waals surface area contributed by atoms with E-state index in [-0.39, 0.29) is 18.4 Å². The number of benzene rings is 2. The van der Waals surface area contributed by atoms with Gasteiger partial charge in [0.15, 0.2) is 0 Å². The zero-order valence-electron chi connectivity index (χ0n) is 14.5. The van der Waals surface area contributed by atoms with E-state index in [1.54, 1.807) is 0 Å². The fourth-order valence-corrected chi connectivity index (χ4v) is 2.72. The molecule has 1 aliphatic carbocycles. The average molecular weight is 339 g/mol. The van der Waals surface area contributed by atoms with Crippen molar-refractivity contribution in [1.29, 1.82) is 0 Å². The molecule has 0 spiro atoms. The van der Waals surface area contributed by atoms with Gasteiger partial charge in [-0.15, -0.1) is 0 Å². The summed E-state index contributed by atoms with van der Waals surface area (Å²) < 4.78 is 5.73. The van der Waals surface area contributed by atoms with Gasteiger partial charge >= 0.3 is 0 Å². The predicted octanol–water partition coefficient (Wildman–Crippen LogP) is 3.43. The van der Waals surface area contributed by atoms with Gasteiger partial charge in [0.1, 0.15) is 5.75 Å². The third kappa shape index (κ3) is 4.83. The largest absolute Gasteiger partial charge is 0.493 e. The van der Waals surface area contributed by atoms with Crippen molar-refractivity contribution in [2.75, 3.05) is 13.2 Å². The fourth-order valence-electron chi connectivity index (χ4n) is 2.72. The summed E-state index contributed by atoms with van der Waals surface area (Å²) in [4.78, 5) is 12.5. The van der Waals surface area contributed by atoms with Crippen molar-refractivity contribution in [3.8, 4) is 5.75 Å². The lowest BCUT2D eigenvalue weighted by molar-refractivity contribution is -0.123. The van der Waals surface area contributed by atoms with Crippen molar-refractivity contribution in [2.45, 2.75) is 31.7 Å². The molecule has 0 saturated heterocycles. The fraction of sp³-hybridized carbons (Fsp3) is 0.381. The Balaban J connectivity index is 1.60. The minimum atomic E-state index is -0.420. The molecule has 0 aromatic heterocycles. The first-order valence-corrected chi connectivity index (χ1v) is 8.86. The van der Waals surface area contributed by atoms with Crippen LogP contribution in [0.4, 0.5) is 0 Å². The highest BCUT2D eigenvalue weighted by molar-refractivity contribution is 5.83. The highest BCUT2D eigenvalue weighted by Crippen LogP contribution is 2.29. The van der Waals surface area contributed by atoms with Crippen molar-refractivity contribution in [2.24, 2.45) is 5.92 Å². The van der Waals surface area contributed by atoms with Gasteiger partial charge in [-0.25, -0.2) is 0 Å². The van der Waals surface area contributed by atoms with Crippen LogP contribution in [0.3, 0.4) is 0 Å². The Kier molecular flexibility index (Phi) is 5.71. The molecule has 2 N–H and O–H groups in total. The van der Waals surface area contributed by atoms with Gasteiger partial charge in [0.25, 0.3) is 0 Å². The maximum Gasteiger partial charge on any atom is 0.227 e. The molecule has 0 heterocycles. The van der Waals surface area contributed by atoms with E-state index >= 15 is 0 Å². The molecule has 1 saturated carbocycles. The molecular formula is C21H25NO3. The number of amides is 1. The molecule has 25 heavy (non-hydrogen) atoms. The maximum absolute atomic E-state index is 12.5. The monoisotopic (exact) mass is 339 g/mol. The van der Waals surface area contributed by atoms with E-state index in [9.17, 15) is 9.90 Å². The lowest BCUT2D eigenvalue weighted by Crippen LogP contribution is -2.33. The molecule has 0 aliphatic heterocycles. The van der Waals surface area contributed by atoms with Crippen LogP contribution in [0, 0.1) is 5.92 Å². The van der Waals surface area contributed by atoms with Gasteiger partial charge in [-0.2, -0.15) is 0 Å². The van der Waals surface area contributed by atoms with Crippen molar-refractivity contribution in [3.63, 3.8) is 0 Å². The normalized spacial score (nSPS) is 16.1. The third-order valence-corrected chi connectivity index (χ3v) is 4.66. The Morgan fingerprint density at radius 3 is 2.40 bits per heavy atom. The molecule has 2 atom stereocenters. The van der Waals surface area contributed by atoms with Crippen molar-refractivity contribution >= 4 is 5.91 Å². The second kappa shape index (κ2) is 8.17. The Bertz CT molecular complexity index is 680. The van der Waals surface area contributed by atoms with Crippen LogP contribution in [0.15, 0.2) is 54.6 Å². The molecule has 1 amide bonds. The van der Waals surface area contributed by atoms with Crippen LogP contribution in [0.5, 0.6) is 5.75 Å². The van der Waals surface area contributed by atoms with Crippen molar-refractivity contribution in [1.82, 2.24) is 5.32 Å². The van der Waals surface area contributed by atoms with Crippen molar-refractivity contribution < 1.29 is 14.6 Å². The van der Waals surface area contributed by atoms with E-state index in [4.69, 9.17) is 4.74 Å². The van der Waals surface area contributed by atoms with Crippen LogP contribution in [-0.4, -0.2) is 24.2 Å². The van der Waals surface area contributed by atoms with Crippen LogP contribution in [0.25, 0.3) is 0 Å². The van der Waals surface area contributed by atoms with Crippen LogP contribution >= 0.6 is 0 Å². The minimum absolute atomic E-state index is 0.0979. The molecule has 2 aromatic carbocycles. The number of hydrogen-bond acceptors (Lipinski definition) is 3. The third-order valence-electron chi connectivity index (χ3n) is 4.66. The van der Waals surface area contributed by atoms with Crippen LogP contribution in [-0.2, 0) is 4.79 Å². The molecule has 4 heteroatoms. The Labute approximate surface area is 148 Å². The molecule has 4 nitrogen and oxygen atoms in total. The lowest BCUT2D eigenvalue weighted by atomic mass is 9.99. The second-order valence-corrected chi connectivity index (χ2v) is 6.70. The minimum Gasteiger partial charge on any atom is -0.493 e. The molecule has 132 valence electrons. The SMILES string of the molecule is C[C@H](C(=O)N[C@@H](CO)c1ccc(OCC2CC2)cc1)c1ccccc1. The first-order chi connectivity index (χ1) is 12.2. The standard InChI is InChI=1S/C21H25NO3/c1-15(17-5-3-2-4-6-17)21(24)22-20(13-23)18-9-11-19(12-10-18)25-14-16-7-8-16/h2-6,9-12,15-16,20,23H,7-8,13-14H2,1H3,(H,22,24)/t15-,20-/m0/s1. The summed E-state index contributed by atoms with van der Waals surface area (Å²) in [6, 6.07) is 16.8. The zero-order valence-corrected chi connectivity index (χ0v) is 14.5. The number of nitrogens with one attached hydrogen (secondary N) is 1. The van der Waals surface area contributed by atoms with E-state index in [2.05, 4.69) is 5.32 Å². The molecular weight excluding hydrogens is 314 g/mol. The topological polar surface area (TPSA) is 58.6 Å². The summed E-state index contributed by atoms with van der Waals surface area (Å²) in [7, 11) is 0. The Morgan fingerprint density at radius 1 is 1.12 bits per heavy atom. The summed E-state index contributed by atoms with van der Waals surface area (Å²) in [6.07, 6.45) is 2.52. The van der Waals surface area contributed by atoms with Crippen molar-refractivity contribution in [3.05, 3.63) is 65.7 Å². The summed E-state index contributed by atoms with van der Waals surface area (Å²) in [5, 5.41) is 12.6. The number of carbonyl (C=O) groups is 1. The molecule has 2 aromatic rings. The summed E-state index contributed by atoms with van der Waals surface area (Å²) in [5.41, 5.74) is 1.83. The summed E-state index contributed by atoms with van der Waals surface area (Å²) >= 11 is 0. The Morgan fingerprint density at radius 2 is 1.80 bits per heavy atom. The molecule has 3 rings (SSSR count). The molecule has 0 radical (unpaired) electrons. The zero-order chi connectivity index (χ0) is 17.6. The number of aliphatic hydroxyl groups excluding tert-OH is 1. The maximum atomic E-state index is 12.5. The van der Waals surface area contributed by atoms with E-state index < -0.39 is 6.04 Å². The van der Waals surface area contributed by atoms with E-state index in [1.807, 2.05) is 61.5 Å². The number of hydrogen-bond donors (Lipinski definition) is 2. The molecule has 0 unspecified atom stereocenters. The highest BCUT2D eigenvalue weighted by atomic mass is 16.5. The van der Waals surface area contributed by atoms with E-state index in [1.165, 1.54) is 12.8 Å². The van der Waals surface area contributed by atoms with E-state index in [0.717, 1.165) is 23.5 Å². The van der Waals surface area contributed by atoms with Gasteiger partial charge < -0.3 is 15.2 Å². The number of rotatable bonds is 8. The van der Waals surface area contributed by atoms with Gasteiger partial charge in [-0.05, 0) is 48.9 Å². The Hall–Kier alpha value is -2.33. The predicted molar refractivity (Wildman–Crippen MR) is 97.5 cm³/mol. The number of carbonyl (C=O) groups excluding carboxylic acids is 1. The van der Waals surface area contributed by atoms with Gasteiger partial charge in [-0.3, -0.25) is 4.79 Å². The first kappa shape index (κ1) is 17.5.